The predicted octanol–water partition coefficient (Wildman–Crippen LogP) is 4.86. The molecule has 202 valence electrons. The van der Waals surface area contributed by atoms with Crippen LogP contribution in [0, 0.1) is 17.0 Å². The highest BCUT2D eigenvalue weighted by Crippen LogP contribution is 2.40. The van der Waals surface area contributed by atoms with Gasteiger partial charge in [-0.05, 0) is 81.0 Å². The number of Topliss-reactive ketones (excluding diaryl/α,β-unsaturated/α-hetero) is 1. The van der Waals surface area contributed by atoms with Crippen molar-refractivity contribution >= 4 is 23.1 Å². The van der Waals surface area contributed by atoms with Gasteiger partial charge < -0.3 is 19.6 Å². The molecule has 1 saturated heterocycles. The van der Waals surface area contributed by atoms with E-state index in [0.717, 1.165) is 5.56 Å². The van der Waals surface area contributed by atoms with Gasteiger partial charge in [0.2, 0.25) is 0 Å². The summed E-state index contributed by atoms with van der Waals surface area (Å²) in [4.78, 5) is 40.5. The van der Waals surface area contributed by atoms with Crippen LogP contribution in [0.25, 0.3) is 5.76 Å². The van der Waals surface area contributed by atoms with Gasteiger partial charge in [-0.25, -0.2) is 0 Å². The third-order valence-electron chi connectivity index (χ3n) is 6.67. The molecule has 1 aliphatic heterocycles. The lowest BCUT2D eigenvalue weighted by Gasteiger charge is -2.26. The average molecular weight is 530 g/mol. The van der Waals surface area contributed by atoms with E-state index in [-0.39, 0.29) is 23.6 Å². The Morgan fingerprint density at radius 2 is 1.74 bits per heavy atom. The third-order valence-corrected chi connectivity index (χ3v) is 6.67. The van der Waals surface area contributed by atoms with Crippen LogP contribution in [0.4, 0.5) is 5.69 Å². The number of carbonyl (C=O) groups excluding carboxylic acids is 2. The predicted molar refractivity (Wildman–Crippen MR) is 147 cm³/mol. The van der Waals surface area contributed by atoms with Crippen molar-refractivity contribution in [3.8, 4) is 5.75 Å². The van der Waals surface area contributed by atoms with Gasteiger partial charge in [0, 0.05) is 24.2 Å². The fourth-order valence-electron chi connectivity index (χ4n) is 4.67. The van der Waals surface area contributed by atoms with Gasteiger partial charge >= 0.3 is 0 Å². The molecule has 0 aliphatic carbocycles. The number of aryl methyl sites for hydroxylation is 1. The maximum Gasteiger partial charge on any atom is 0.295 e. The highest BCUT2D eigenvalue weighted by Gasteiger charge is 2.46. The molecule has 0 radical (unpaired) electrons. The fraction of sp³-hybridized carbons (Fsp3) is 0.267. The molecular formula is C30H31N3O6. The Balaban J connectivity index is 1.70. The largest absolute Gasteiger partial charge is 0.507 e. The van der Waals surface area contributed by atoms with Gasteiger partial charge in [0.1, 0.15) is 18.1 Å². The van der Waals surface area contributed by atoms with Crippen LogP contribution < -0.4 is 4.74 Å². The van der Waals surface area contributed by atoms with Gasteiger partial charge in [0.25, 0.3) is 17.4 Å². The number of hydrogen-bond donors (Lipinski definition) is 1. The van der Waals surface area contributed by atoms with Crippen molar-refractivity contribution < 1.29 is 24.4 Å². The van der Waals surface area contributed by atoms with Gasteiger partial charge in [0.15, 0.2) is 0 Å². The number of ether oxygens (including phenoxy) is 1. The molecule has 4 rings (SSSR count). The summed E-state index contributed by atoms with van der Waals surface area (Å²) in [6.45, 7) is 3.15. The first kappa shape index (κ1) is 27.5. The number of nitro groups is 1. The smallest absolute Gasteiger partial charge is 0.295 e. The van der Waals surface area contributed by atoms with Gasteiger partial charge in [0.05, 0.1) is 16.5 Å². The number of nitro benzene ring substituents is 1. The van der Waals surface area contributed by atoms with Crippen molar-refractivity contribution in [2.24, 2.45) is 0 Å². The lowest BCUT2D eigenvalue weighted by Crippen LogP contribution is -2.32. The molecule has 1 aliphatic rings. The molecule has 3 aromatic carbocycles. The lowest BCUT2D eigenvalue weighted by atomic mass is 9.93. The maximum absolute atomic E-state index is 13.3. The molecule has 9 nitrogen and oxygen atoms in total. The molecule has 0 spiro atoms. The van der Waals surface area contributed by atoms with E-state index < -0.39 is 22.7 Å². The summed E-state index contributed by atoms with van der Waals surface area (Å²) in [5.41, 5.74) is 2.44. The highest BCUT2D eigenvalue weighted by molar-refractivity contribution is 6.46. The molecule has 0 bridgehead atoms. The third kappa shape index (κ3) is 6.15. The van der Waals surface area contributed by atoms with Gasteiger partial charge in [-0.1, -0.05) is 30.3 Å². The molecule has 1 fully saturated rings. The number of aliphatic hydroxyl groups is 1. The van der Waals surface area contributed by atoms with E-state index in [1.54, 1.807) is 25.1 Å². The van der Waals surface area contributed by atoms with Crippen molar-refractivity contribution in [3.63, 3.8) is 0 Å². The number of rotatable bonds is 10. The quantitative estimate of drug-likeness (QED) is 0.131. The van der Waals surface area contributed by atoms with Crippen LogP contribution in [-0.2, 0) is 16.2 Å². The molecule has 1 N–H and O–H groups in total. The molecule has 0 aromatic heterocycles. The summed E-state index contributed by atoms with van der Waals surface area (Å²) in [6.07, 6.45) is 0.607. The minimum absolute atomic E-state index is 0.0419. The standard InChI is InChI=1S/C30H31N3O6/c1-20-18-24(39-19-21-8-5-4-6-9-21)14-15-25(20)28(34)26-27(22-10-12-23(13-11-22)33(37)38)32(30(36)29(26)35)17-7-16-31(2)3/h4-6,8-15,18,27,34H,7,16-17,19H2,1-3H3/b28-26+/t27-/m1/s1. The van der Waals surface area contributed by atoms with Crippen LogP contribution in [-0.4, -0.2) is 58.7 Å². The second-order valence-electron chi connectivity index (χ2n) is 9.75. The minimum Gasteiger partial charge on any atom is -0.507 e. The second-order valence-corrected chi connectivity index (χ2v) is 9.75. The minimum atomic E-state index is -0.874. The van der Waals surface area contributed by atoms with Crippen LogP contribution >= 0.6 is 0 Å². The number of nitrogens with zero attached hydrogens (tertiary/aromatic N) is 3. The summed E-state index contributed by atoms with van der Waals surface area (Å²) in [7, 11) is 3.83. The van der Waals surface area contributed by atoms with E-state index in [9.17, 15) is 24.8 Å². The van der Waals surface area contributed by atoms with Crippen molar-refractivity contribution in [2.45, 2.75) is 26.0 Å². The molecule has 39 heavy (non-hydrogen) atoms. The van der Waals surface area contributed by atoms with E-state index in [1.807, 2.05) is 49.3 Å². The fourth-order valence-corrected chi connectivity index (χ4v) is 4.67. The molecule has 3 aromatic rings. The number of hydrogen-bond acceptors (Lipinski definition) is 7. The first-order chi connectivity index (χ1) is 18.7. The van der Waals surface area contributed by atoms with E-state index in [4.69, 9.17) is 4.74 Å². The average Bonchev–Trinajstić information content (AvgIpc) is 3.17. The summed E-state index contributed by atoms with van der Waals surface area (Å²) in [5.74, 6) is -1.19. The number of carbonyl (C=O) groups is 2. The molecule has 0 unspecified atom stereocenters. The van der Waals surface area contributed by atoms with Crippen LogP contribution in [0.2, 0.25) is 0 Å². The lowest BCUT2D eigenvalue weighted by molar-refractivity contribution is -0.384. The highest BCUT2D eigenvalue weighted by atomic mass is 16.6. The number of aliphatic hydroxyl groups excluding tert-OH is 1. The van der Waals surface area contributed by atoms with Crippen molar-refractivity contribution in [1.82, 2.24) is 9.80 Å². The number of ketones is 1. The molecule has 0 saturated carbocycles. The van der Waals surface area contributed by atoms with E-state index in [1.165, 1.54) is 29.2 Å². The normalized spacial score (nSPS) is 16.6. The van der Waals surface area contributed by atoms with Crippen LogP contribution in [0.1, 0.15) is 34.7 Å². The summed E-state index contributed by atoms with van der Waals surface area (Å²) in [5, 5.41) is 22.6. The summed E-state index contributed by atoms with van der Waals surface area (Å²) < 4.78 is 5.89. The number of amides is 1. The molecule has 1 amide bonds. The van der Waals surface area contributed by atoms with Crippen molar-refractivity contribution in [2.75, 3.05) is 27.2 Å². The molecule has 1 atom stereocenters. The van der Waals surface area contributed by atoms with E-state index in [0.29, 0.717) is 42.0 Å². The van der Waals surface area contributed by atoms with E-state index in [2.05, 4.69) is 0 Å². The zero-order chi connectivity index (χ0) is 28.1. The van der Waals surface area contributed by atoms with Gasteiger partial charge in [-0.2, -0.15) is 0 Å². The van der Waals surface area contributed by atoms with Crippen LogP contribution in [0.3, 0.4) is 0 Å². The Kier molecular flexibility index (Phi) is 8.41. The zero-order valence-electron chi connectivity index (χ0n) is 22.2. The molecule has 9 heteroatoms. The summed E-state index contributed by atoms with van der Waals surface area (Å²) in [6, 6.07) is 19.7. The number of non-ortho nitro benzene ring substituents is 1. The number of benzene rings is 3. The Labute approximate surface area is 227 Å². The van der Waals surface area contributed by atoms with Crippen molar-refractivity contribution in [3.05, 3.63) is 111 Å². The summed E-state index contributed by atoms with van der Waals surface area (Å²) >= 11 is 0. The zero-order valence-corrected chi connectivity index (χ0v) is 22.2. The SMILES string of the molecule is Cc1cc(OCc2ccccc2)ccc1/C(O)=C1\C(=O)C(=O)N(CCCN(C)C)[C@@H]1c1ccc([N+](=O)[O-])cc1. The Bertz CT molecular complexity index is 1400. The Morgan fingerprint density at radius 1 is 1.05 bits per heavy atom. The Hall–Kier alpha value is -4.50. The monoisotopic (exact) mass is 529 g/mol. The van der Waals surface area contributed by atoms with Crippen LogP contribution in [0.15, 0.2) is 78.4 Å². The molecule has 1 heterocycles. The topological polar surface area (TPSA) is 113 Å². The maximum atomic E-state index is 13.3. The first-order valence-corrected chi connectivity index (χ1v) is 12.6. The first-order valence-electron chi connectivity index (χ1n) is 12.6. The molecular weight excluding hydrogens is 498 g/mol. The number of likely N-dealkylation sites (tertiary alicyclic amines) is 1. The van der Waals surface area contributed by atoms with Crippen molar-refractivity contribution in [1.29, 1.82) is 0 Å². The Morgan fingerprint density at radius 3 is 2.36 bits per heavy atom. The van der Waals surface area contributed by atoms with Gasteiger partial charge in [-0.15, -0.1) is 0 Å². The van der Waals surface area contributed by atoms with Crippen LogP contribution in [0.5, 0.6) is 5.75 Å². The van der Waals surface area contributed by atoms with Gasteiger partial charge in [-0.3, -0.25) is 19.7 Å². The second kappa shape index (κ2) is 11.9. The van der Waals surface area contributed by atoms with E-state index >= 15 is 0 Å².